The molecule has 0 aliphatic carbocycles. The molecule has 0 aliphatic rings. The maximum Gasteiger partial charge on any atom is 0.322 e. The third kappa shape index (κ3) is 4.50. The van der Waals surface area contributed by atoms with E-state index in [0.717, 1.165) is 11.3 Å². The SMILES string of the molecule is CC(C)N(Cc1ccccc1)C(=O)Nc1ccc(Cl)cc1. The molecular formula is C17H19ClN2O. The van der Waals surface area contributed by atoms with Crippen LogP contribution >= 0.6 is 11.6 Å². The summed E-state index contributed by atoms with van der Waals surface area (Å²) in [5.41, 5.74) is 1.85. The number of carbonyl (C=O) groups is 1. The highest BCUT2D eigenvalue weighted by atomic mass is 35.5. The van der Waals surface area contributed by atoms with Crippen molar-refractivity contribution >= 4 is 23.3 Å². The van der Waals surface area contributed by atoms with Crippen LogP contribution in [0.1, 0.15) is 19.4 Å². The van der Waals surface area contributed by atoms with Crippen molar-refractivity contribution in [1.29, 1.82) is 0 Å². The average Bonchev–Trinajstić information content (AvgIpc) is 2.48. The minimum Gasteiger partial charge on any atom is -0.318 e. The number of anilines is 1. The zero-order valence-electron chi connectivity index (χ0n) is 12.2. The van der Waals surface area contributed by atoms with Crippen LogP contribution in [0.15, 0.2) is 54.6 Å². The highest BCUT2D eigenvalue weighted by Gasteiger charge is 2.17. The molecule has 21 heavy (non-hydrogen) atoms. The first kappa shape index (κ1) is 15.4. The predicted molar refractivity (Wildman–Crippen MR) is 87.6 cm³/mol. The van der Waals surface area contributed by atoms with Crippen molar-refractivity contribution in [2.45, 2.75) is 26.4 Å². The fourth-order valence-corrected chi connectivity index (χ4v) is 2.12. The van der Waals surface area contributed by atoms with E-state index in [0.29, 0.717) is 11.6 Å². The lowest BCUT2D eigenvalue weighted by Crippen LogP contribution is -2.39. The Labute approximate surface area is 130 Å². The Morgan fingerprint density at radius 3 is 2.29 bits per heavy atom. The quantitative estimate of drug-likeness (QED) is 0.866. The second-order valence-electron chi connectivity index (χ2n) is 5.14. The van der Waals surface area contributed by atoms with Gasteiger partial charge in [0, 0.05) is 23.3 Å². The third-order valence-corrected chi connectivity index (χ3v) is 3.43. The molecule has 0 radical (unpaired) electrons. The number of hydrogen-bond donors (Lipinski definition) is 1. The van der Waals surface area contributed by atoms with Crippen molar-refractivity contribution in [3.63, 3.8) is 0 Å². The van der Waals surface area contributed by atoms with E-state index in [1.165, 1.54) is 0 Å². The lowest BCUT2D eigenvalue weighted by molar-refractivity contribution is 0.193. The predicted octanol–water partition coefficient (Wildman–Crippen LogP) is 4.78. The van der Waals surface area contributed by atoms with Crippen LogP contribution in [0.5, 0.6) is 0 Å². The summed E-state index contributed by atoms with van der Waals surface area (Å²) in [4.78, 5) is 14.2. The molecule has 0 saturated heterocycles. The van der Waals surface area contributed by atoms with E-state index in [4.69, 9.17) is 11.6 Å². The Hall–Kier alpha value is -2.00. The molecule has 0 aromatic heterocycles. The Morgan fingerprint density at radius 1 is 1.10 bits per heavy atom. The van der Waals surface area contributed by atoms with E-state index >= 15 is 0 Å². The molecule has 2 aromatic rings. The average molecular weight is 303 g/mol. The van der Waals surface area contributed by atoms with Gasteiger partial charge in [0.25, 0.3) is 0 Å². The smallest absolute Gasteiger partial charge is 0.318 e. The van der Waals surface area contributed by atoms with E-state index in [-0.39, 0.29) is 12.1 Å². The highest BCUT2D eigenvalue weighted by molar-refractivity contribution is 6.30. The molecule has 2 rings (SSSR count). The van der Waals surface area contributed by atoms with E-state index < -0.39 is 0 Å². The molecule has 2 amide bonds. The van der Waals surface area contributed by atoms with Gasteiger partial charge in [-0.1, -0.05) is 41.9 Å². The monoisotopic (exact) mass is 302 g/mol. The maximum absolute atomic E-state index is 12.4. The van der Waals surface area contributed by atoms with Gasteiger partial charge in [0.1, 0.15) is 0 Å². The Balaban J connectivity index is 2.07. The zero-order valence-corrected chi connectivity index (χ0v) is 13.0. The number of nitrogens with zero attached hydrogens (tertiary/aromatic N) is 1. The van der Waals surface area contributed by atoms with Gasteiger partial charge in [0.05, 0.1) is 0 Å². The van der Waals surface area contributed by atoms with Crippen molar-refractivity contribution in [2.24, 2.45) is 0 Å². The molecule has 0 spiro atoms. The topological polar surface area (TPSA) is 32.3 Å². The minimum absolute atomic E-state index is 0.109. The van der Waals surface area contributed by atoms with Crippen molar-refractivity contribution in [1.82, 2.24) is 4.90 Å². The summed E-state index contributed by atoms with van der Waals surface area (Å²) in [5.74, 6) is 0. The first-order chi connectivity index (χ1) is 10.1. The number of halogens is 1. The molecule has 0 unspecified atom stereocenters. The fourth-order valence-electron chi connectivity index (χ4n) is 2.00. The first-order valence-corrected chi connectivity index (χ1v) is 7.31. The Morgan fingerprint density at radius 2 is 1.71 bits per heavy atom. The van der Waals surface area contributed by atoms with Crippen LogP contribution in [0, 0.1) is 0 Å². The summed E-state index contributed by atoms with van der Waals surface area (Å²) in [6, 6.07) is 17.1. The van der Waals surface area contributed by atoms with Crippen molar-refractivity contribution in [3.8, 4) is 0 Å². The highest BCUT2D eigenvalue weighted by Crippen LogP contribution is 2.15. The Kier molecular flexibility index (Phi) is 5.23. The van der Waals surface area contributed by atoms with Gasteiger partial charge in [0.15, 0.2) is 0 Å². The third-order valence-electron chi connectivity index (χ3n) is 3.18. The van der Waals surface area contributed by atoms with Gasteiger partial charge >= 0.3 is 6.03 Å². The molecule has 0 saturated carbocycles. The van der Waals surface area contributed by atoms with E-state index in [1.54, 1.807) is 29.2 Å². The molecule has 0 aliphatic heterocycles. The molecule has 0 atom stereocenters. The Bertz CT molecular complexity index is 581. The van der Waals surface area contributed by atoms with Crippen LogP contribution in [-0.4, -0.2) is 17.0 Å². The second-order valence-corrected chi connectivity index (χ2v) is 5.58. The molecule has 0 heterocycles. The number of nitrogens with one attached hydrogen (secondary N) is 1. The van der Waals surface area contributed by atoms with Crippen molar-refractivity contribution in [3.05, 3.63) is 65.2 Å². The van der Waals surface area contributed by atoms with E-state index in [1.807, 2.05) is 44.2 Å². The molecule has 0 fully saturated rings. The second kappa shape index (κ2) is 7.14. The molecule has 2 aromatic carbocycles. The number of urea groups is 1. The van der Waals surface area contributed by atoms with Crippen LogP contribution in [0.3, 0.4) is 0 Å². The standard InChI is InChI=1S/C17H19ClN2O/c1-13(2)20(12-14-6-4-3-5-7-14)17(21)19-16-10-8-15(18)9-11-16/h3-11,13H,12H2,1-2H3,(H,19,21). The molecule has 1 N–H and O–H groups in total. The zero-order chi connectivity index (χ0) is 15.2. The summed E-state index contributed by atoms with van der Waals surface area (Å²) in [6.07, 6.45) is 0. The molecule has 0 bridgehead atoms. The van der Waals surface area contributed by atoms with Crippen LogP contribution < -0.4 is 5.32 Å². The molecule has 4 heteroatoms. The maximum atomic E-state index is 12.4. The molecular weight excluding hydrogens is 284 g/mol. The van der Waals surface area contributed by atoms with Crippen LogP contribution in [0.4, 0.5) is 10.5 Å². The summed E-state index contributed by atoms with van der Waals surface area (Å²) >= 11 is 5.85. The van der Waals surface area contributed by atoms with Crippen LogP contribution in [0.25, 0.3) is 0 Å². The van der Waals surface area contributed by atoms with Crippen LogP contribution in [0.2, 0.25) is 5.02 Å². The minimum atomic E-state index is -0.115. The number of hydrogen-bond acceptors (Lipinski definition) is 1. The summed E-state index contributed by atoms with van der Waals surface area (Å²) in [5, 5.41) is 3.55. The number of amides is 2. The summed E-state index contributed by atoms with van der Waals surface area (Å²) < 4.78 is 0. The number of carbonyl (C=O) groups excluding carboxylic acids is 1. The molecule has 110 valence electrons. The first-order valence-electron chi connectivity index (χ1n) is 6.93. The summed E-state index contributed by atoms with van der Waals surface area (Å²) in [7, 11) is 0. The van der Waals surface area contributed by atoms with Crippen molar-refractivity contribution in [2.75, 3.05) is 5.32 Å². The van der Waals surface area contributed by atoms with Gasteiger partial charge in [0.2, 0.25) is 0 Å². The number of benzene rings is 2. The largest absolute Gasteiger partial charge is 0.322 e. The van der Waals surface area contributed by atoms with Crippen LogP contribution in [-0.2, 0) is 6.54 Å². The van der Waals surface area contributed by atoms with Gasteiger partial charge in [-0.15, -0.1) is 0 Å². The lowest BCUT2D eigenvalue weighted by Gasteiger charge is -2.27. The van der Waals surface area contributed by atoms with Gasteiger partial charge in [-0.05, 0) is 43.7 Å². The normalized spacial score (nSPS) is 10.5. The lowest BCUT2D eigenvalue weighted by atomic mass is 10.2. The van der Waals surface area contributed by atoms with Gasteiger partial charge < -0.3 is 10.2 Å². The van der Waals surface area contributed by atoms with E-state index in [2.05, 4.69) is 5.32 Å². The van der Waals surface area contributed by atoms with Gasteiger partial charge in [-0.2, -0.15) is 0 Å². The molecule has 3 nitrogen and oxygen atoms in total. The fraction of sp³-hybridized carbons (Fsp3) is 0.235. The summed E-state index contributed by atoms with van der Waals surface area (Å²) in [6.45, 7) is 4.59. The van der Waals surface area contributed by atoms with E-state index in [9.17, 15) is 4.79 Å². The van der Waals surface area contributed by atoms with Gasteiger partial charge in [-0.3, -0.25) is 0 Å². The number of rotatable bonds is 4. The van der Waals surface area contributed by atoms with Crippen molar-refractivity contribution < 1.29 is 4.79 Å². The van der Waals surface area contributed by atoms with Gasteiger partial charge in [-0.25, -0.2) is 4.79 Å².